The summed E-state index contributed by atoms with van der Waals surface area (Å²) < 4.78 is 0. The van der Waals surface area contributed by atoms with Crippen LogP contribution in [0.4, 0.5) is 0 Å². The van der Waals surface area contributed by atoms with Crippen LogP contribution in [-0.4, -0.2) is 23.4 Å². The fraction of sp³-hybridized carbons (Fsp3) is 0.588. The van der Waals surface area contributed by atoms with Crippen molar-refractivity contribution in [3.8, 4) is 0 Å². The molecule has 4 heteroatoms. The van der Waals surface area contributed by atoms with Crippen LogP contribution in [0.5, 0.6) is 0 Å². The Kier molecular flexibility index (Phi) is 4.81. The molecule has 1 N–H and O–H groups in total. The zero-order valence-corrected chi connectivity index (χ0v) is 13.1. The average Bonchev–Trinajstić information content (AvgIpc) is 2.82. The van der Waals surface area contributed by atoms with Crippen LogP contribution in [0.3, 0.4) is 0 Å². The van der Waals surface area contributed by atoms with Gasteiger partial charge in [0.25, 0.3) is 0 Å². The van der Waals surface area contributed by atoms with E-state index in [2.05, 4.69) is 10.2 Å². The largest absolute Gasteiger partial charge is 0.319 e. The highest BCUT2D eigenvalue weighted by molar-refractivity contribution is 6.30. The van der Waals surface area contributed by atoms with Crippen molar-refractivity contribution in [1.82, 2.24) is 10.2 Å². The van der Waals surface area contributed by atoms with E-state index in [9.17, 15) is 4.79 Å². The lowest BCUT2D eigenvalue weighted by Crippen LogP contribution is -2.40. The van der Waals surface area contributed by atoms with Crippen molar-refractivity contribution in [3.05, 3.63) is 34.9 Å². The summed E-state index contributed by atoms with van der Waals surface area (Å²) in [6.07, 6.45) is 8.71. The molecule has 21 heavy (non-hydrogen) atoms. The first-order valence-electron chi connectivity index (χ1n) is 8.06. The Morgan fingerprint density at radius 2 is 1.62 bits per heavy atom. The van der Waals surface area contributed by atoms with Gasteiger partial charge in [0.2, 0.25) is 5.91 Å². The number of hydrogen-bond acceptors (Lipinski definition) is 2. The van der Waals surface area contributed by atoms with Gasteiger partial charge in [-0.1, -0.05) is 55.8 Å². The third kappa shape index (κ3) is 3.41. The van der Waals surface area contributed by atoms with Gasteiger partial charge in [-0.05, 0) is 30.5 Å². The lowest BCUT2D eigenvalue weighted by molar-refractivity contribution is -0.130. The average molecular weight is 307 g/mol. The zero-order chi connectivity index (χ0) is 14.7. The van der Waals surface area contributed by atoms with Crippen LogP contribution >= 0.6 is 11.6 Å². The van der Waals surface area contributed by atoms with E-state index in [0.717, 1.165) is 23.4 Å². The summed E-state index contributed by atoms with van der Waals surface area (Å²) >= 11 is 5.97. The number of amides is 1. The maximum atomic E-state index is 12.4. The van der Waals surface area contributed by atoms with Gasteiger partial charge in [0, 0.05) is 11.1 Å². The molecule has 3 nitrogen and oxygen atoms in total. The van der Waals surface area contributed by atoms with Crippen LogP contribution in [-0.2, 0) is 4.79 Å². The van der Waals surface area contributed by atoms with Crippen molar-refractivity contribution < 1.29 is 4.79 Å². The van der Waals surface area contributed by atoms with E-state index in [1.165, 1.54) is 32.1 Å². The van der Waals surface area contributed by atoms with Crippen LogP contribution in [0.1, 0.15) is 56.7 Å². The molecule has 0 bridgehead atoms. The van der Waals surface area contributed by atoms with E-state index in [1.807, 2.05) is 24.3 Å². The number of nitrogens with zero attached hydrogens (tertiary/aromatic N) is 1. The van der Waals surface area contributed by atoms with Gasteiger partial charge in [0.1, 0.15) is 6.17 Å². The summed E-state index contributed by atoms with van der Waals surface area (Å²) in [4.78, 5) is 14.5. The summed E-state index contributed by atoms with van der Waals surface area (Å²) in [5.74, 6) is 0.237. The lowest BCUT2D eigenvalue weighted by Gasteiger charge is -2.34. The molecule has 114 valence electrons. The predicted octanol–water partition coefficient (Wildman–Crippen LogP) is 3.88. The smallest absolute Gasteiger partial charge is 0.238 e. The van der Waals surface area contributed by atoms with Gasteiger partial charge >= 0.3 is 0 Å². The van der Waals surface area contributed by atoms with Gasteiger partial charge in [-0.25, -0.2) is 0 Å². The van der Waals surface area contributed by atoms with Crippen LogP contribution in [0.2, 0.25) is 5.02 Å². The Hall–Kier alpha value is -1.06. The summed E-state index contributed by atoms with van der Waals surface area (Å²) in [5, 5.41) is 4.10. The minimum Gasteiger partial charge on any atom is -0.319 e. The molecule has 1 aliphatic heterocycles. The van der Waals surface area contributed by atoms with Crippen molar-refractivity contribution in [2.75, 3.05) is 6.54 Å². The third-order valence-corrected chi connectivity index (χ3v) is 4.92. The Bertz CT molecular complexity index is 480. The predicted molar refractivity (Wildman–Crippen MR) is 85.1 cm³/mol. The summed E-state index contributed by atoms with van der Waals surface area (Å²) in [6.45, 7) is 0.448. The molecular weight excluding hydrogens is 284 g/mol. The molecule has 2 aliphatic rings. The quantitative estimate of drug-likeness (QED) is 0.899. The van der Waals surface area contributed by atoms with Crippen molar-refractivity contribution in [2.45, 2.75) is 57.2 Å². The molecule has 1 saturated carbocycles. The van der Waals surface area contributed by atoms with Crippen LogP contribution < -0.4 is 5.32 Å². The third-order valence-electron chi connectivity index (χ3n) is 4.67. The van der Waals surface area contributed by atoms with E-state index in [0.29, 0.717) is 12.6 Å². The second-order valence-electron chi connectivity index (χ2n) is 6.13. The molecule has 1 aliphatic carbocycles. The van der Waals surface area contributed by atoms with Crippen molar-refractivity contribution in [3.63, 3.8) is 0 Å². The van der Waals surface area contributed by atoms with Gasteiger partial charge in [0.15, 0.2) is 0 Å². The van der Waals surface area contributed by atoms with Gasteiger partial charge in [-0.2, -0.15) is 0 Å². The van der Waals surface area contributed by atoms with Crippen LogP contribution in [0, 0.1) is 0 Å². The van der Waals surface area contributed by atoms with Crippen LogP contribution in [0.25, 0.3) is 0 Å². The number of benzene rings is 1. The molecule has 1 saturated heterocycles. The highest BCUT2D eigenvalue weighted by Gasteiger charge is 2.36. The fourth-order valence-corrected chi connectivity index (χ4v) is 3.69. The topological polar surface area (TPSA) is 32.3 Å². The first-order chi connectivity index (χ1) is 10.3. The number of carbonyl (C=O) groups excluding carboxylic acids is 1. The number of carbonyl (C=O) groups is 1. The van der Waals surface area contributed by atoms with Gasteiger partial charge in [0.05, 0.1) is 6.54 Å². The van der Waals surface area contributed by atoms with E-state index >= 15 is 0 Å². The SMILES string of the molecule is O=C1CNC(c2ccc(Cl)cc2)N1C1CCCCCCC1. The highest BCUT2D eigenvalue weighted by Crippen LogP contribution is 2.31. The Labute approximate surface area is 131 Å². The molecule has 0 spiro atoms. The number of hydrogen-bond donors (Lipinski definition) is 1. The summed E-state index contributed by atoms with van der Waals surface area (Å²) in [7, 11) is 0. The Balaban J connectivity index is 1.79. The molecule has 0 radical (unpaired) electrons. The summed E-state index contributed by atoms with van der Waals surface area (Å²) in [5.41, 5.74) is 1.13. The molecule has 1 atom stereocenters. The Morgan fingerprint density at radius 1 is 1.00 bits per heavy atom. The van der Waals surface area contributed by atoms with Gasteiger partial charge < -0.3 is 4.90 Å². The van der Waals surface area contributed by atoms with E-state index < -0.39 is 0 Å². The first kappa shape index (κ1) is 14.9. The Morgan fingerprint density at radius 3 is 2.29 bits per heavy atom. The van der Waals surface area contributed by atoms with Crippen molar-refractivity contribution >= 4 is 17.5 Å². The maximum absolute atomic E-state index is 12.4. The minimum absolute atomic E-state index is 0.0131. The first-order valence-corrected chi connectivity index (χ1v) is 8.43. The second kappa shape index (κ2) is 6.80. The molecule has 1 aromatic carbocycles. The van der Waals surface area contributed by atoms with E-state index in [4.69, 9.17) is 11.6 Å². The number of halogens is 1. The van der Waals surface area contributed by atoms with Gasteiger partial charge in [-0.3, -0.25) is 10.1 Å². The molecule has 1 amide bonds. The number of nitrogens with one attached hydrogen (secondary N) is 1. The monoisotopic (exact) mass is 306 g/mol. The lowest BCUT2D eigenvalue weighted by atomic mass is 9.95. The normalized spacial score (nSPS) is 24.9. The molecule has 1 aromatic rings. The highest BCUT2D eigenvalue weighted by atomic mass is 35.5. The fourth-order valence-electron chi connectivity index (χ4n) is 3.57. The molecule has 0 aromatic heterocycles. The van der Waals surface area contributed by atoms with E-state index in [1.54, 1.807) is 0 Å². The molecule has 1 heterocycles. The molecule has 1 unspecified atom stereocenters. The van der Waals surface area contributed by atoms with Crippen LogP contribution in [0.15, 0.2) is 24.3 Å². The zero-order valence-electron chi connectivity index (χ0n) is 12.4. The molecule has 3 rings (SSSR count). The second-order valence-corrected chi connectivity index (χ2v) is 6.57. The number of rotatable bonds is 2. The molecule has 2 fully saturated rings. The van der Waals surface area contributed by atoms with Gasteiger partial charge in [-0.15, -0.1) is 0 Å². The standard InChI is InChI=1S/C17H23ClN2O/c18-14-10-8-13(9-11-14)17-19-12-16(21)20(17)15-6-4-2-1-3-5-7-15/h8-11,15,17,19H,1-7,12H2. The van der Waals surface area contributed by atoms with Crippen molar-refractivity contribution in [2.24, 2.45) is 0 Å². The maximum Gasteiger partial charge on any atom is 0.238 e. The van der Waals surface area contributed by atoms with Crippen molar-refractivity contribution in [1.29, 1.82) is 0 Å². The van der Waals surface area contributed by atoms with E-state index in [-0.39, 0.29) is 12.1 Å². The summed E-state index contributed by atoms with van der Waals surface area (Å²) in [6, 6.07) is 8.23. The minimum atomic E-state index is 0.0131. The molecular formula is C17H23ClN2O.